The molecule has 1 saturated carbocycles. The van der Waals surface area contributed by atoms with Crippen molar-refractivity contribution in [3.63, 3.8) is 0 Å². The molecule has 0 aromatic heterocycles. The molecule has 1 aliphatic carbocycles. The summed E-state index contributed by atoms with van der Waals surface area (Å²) in [6.07, 6.45) is -0.931. The fourth-order valence-electron chi connectivity index (χ4n) is 5.93. The average molecular weight is 621 g/mol. The van der Waals surface area contributed by atoms with E-state index in [9.17, 15) is 37.6 Å². The molecule has 0 radical (unpaired) electrons. The van der Waals surface area contributed by atoms with Crippen molar-refractivity contribution in [1.29, 1.82) is 0 Å². The van der Waals surface area contributed by atoms with Crippen LogP contribution in [-0.4, -0.2) is 122 Å². The summed E-state index contributed by atoms with van der Waals surface area (Å²) in [5, 5.41) is 26.1. The highest BCUT2D eigenvalue weighted by molar-refractivity contribution is 7.80. The second kappa shape index (κ2) is 14.5. The van der Waals surface area contributed by atoms with Gasteiger partial charge < -0.3 is 39.9 Å². The van der Waals surface area contributed by atoms with Crippen molar-refractivity contribution in [2.24, 2.45) is 23.3 Å². The van der Waals surface area contributed by atoms with Gasteiger partial charge in [0, 0.05) is 19.7 Å². The quantitative estimate of drug-likeness (QED) is 0.0444. The van der Waals surface area contributed by atoms with Crippen molar-refractivity contribution in [3.8, 4) is 0 Å². The zero-order valence-corrected chi connectivity index (χ0v) is 24.9. The number of likely N-dealkylation sites (tertiary alicyclic amines) is 1. The molecule has 2 aliphatic heterocycles. The number of fused-ring (bicyclic) bond motifs is 1. The summed E-state index contributed by atoms with van der Waals surface area (Å²) in [6.45, 7) is 4.16. The van der Waals surface area contributed by atoms with Crippen molar-refractivity contribution in [2.75, 3.05) is 33.4 Å². The standard InChI is InChI=1S/C25H44N6O10S/c1-13(2)21(29-23(35)20(40-3)12-41-42(37,38)39)24(36)31-16-10-19(33)18(32)9-15(16)8-17(31)22(34)28-6-4-14-5-7-30(11-14)25(26)27/h5,13,15-21,25,32-33H,4,6-12,26-27H2,1-3H3,(H,28,34)(H,29,35)(H,37,38,39)/t15-,16+,17+,18+,19+,20-,21-/m0/s1. The van der Waals surface area contributed by atoms with E-state index in [0.717, 1.165) is 17.6 Å². The minimum absolute atomic E-state index is 0.0564. The van der Waals surface area contributed by atoms with Gasteiger partial charge in [0.25, 0.3) is 5.91 Å². The average Bonchev–Trinajstić information content (AvgIpc) is 3.52. The van der Waals surface area contributed by atoms with Crippen LogP contribution < -0.4 is 27.0 Å². The topological polar surface area (TPSA) is 251 Å². The number of nitrogens with zero attached hydrogens (tertiary/aromatic N) is 1. The van der Waals surface area contributed by atoms with Gasteiger partial charge in [0.1, 0.15) is 25.2 Å². The third kappa shape index (κ3) is 8.67. The number of carbonyl (C=O) groups is 3. The largest absolute Gasteiger partial charge is 0.726 e. The van der Waals surface area contributed by atoms with Gasteiger partial charge in [-0.15, -0.1) is 0 Å². The first-order chi connectivity index (χ1) is 19.6. The van der Waals surface area contributed by atoms with Crippen molar-refractivity contribution in [2.45, 2.75) is 82.3 Å². The number of hydrogen-bond donors (Lipinski definition) is 7. The van der Waals surface area contributed by atoms with Gasteiger partial charge >= 0.3 is 0 Å². The number of quaternary nitrogens is 1. The maximum Gasteiger partial charge on any atom is 0.252 e. The molecule has 1 unspecified atom stereocenters. The molecule has 2 fully saturated rings. The van der Waals surface area contributed by atoms with E-state index in [-0.39, 0.29) is 25.2 Å². The first-order valence-electron chi connectivity index (χ1n) is 14.1. The normalized spacial score (nSPS) is 29.3. The van der Waals surface area contributed by atoms with Gasteiger partial charge in [0.15, 0.2) is 12.4 Å². The Morgan fingerprint density at radius 2 is 1.86 bits per heavy atom. The Morgan fingerprint density at radius 1 is 1.19 bits per heavy atom. The Hall–Kier alpha value is -2.22. The highest BCUT2D eigenvalue weighted by atomic mass is 32.3. The Bertz CT molecular complexity index is 1120. The summed E-state index contributed by atoms with van der Waals surface area (Å²) in [7, 11) is -3.97. The second-order valence-electron chi connectivity index (χ2n) is 11.5. The highest BCUT2D eigenvalue weighted by Crippen LogP contribution is 2.40. The van der Waals surface area contributed by atoms with Gasteiger partial charge in [-0.1, -0.05) is 13.8 Å². The van der Waals surface area contributed by atoms with Crippen LogP contribution in [-0.2, 0) is 33.7 Å². The van der Waals surface area contributed by atoms with Crippen LogP contribution in [0, 0.1) is 11.8 Å². The molecule has 1 saturated heterocycles. The molecule has 3 rings (SSSR count). The van der Waals surface area contributed by atoms with E-state index in [1.54, 1.807) is 13.8 Å². The summed E-state index contributed by atoms with van der Waals surface area (Å²) in [4.78, 5) is 42.8. The number of aliphatic hydroxyl groups excluding tert-OH is 2. The maximum atomic E-state index is 14.0. The predicted molar refractivity (Wildman–Crippen MR) is 146 cm³/mol. The van der Waals surface area contributed by atoms with E-state index in [0.29, 0.717) is 26.1 Å². The summed E-state index contributed by atoms with van der Waals surface area (Å²) in [6, 6.07) is -2.62. The molecular formula is C25H44N6O10S. The molecule has 9 N–H and O–H groups in total. The van der Waals surface area contributed by atoms with Crippen LogP contribution in [0.1, 0.15) is 39.5 Å². The number of nitrogens with two attached hydrogens (primary N) is 2. The molecule has 0 aromatic carbocycles. The molecule has 3 aliphatic rings. The van der Waals surface area contributed by atoms with Crippen LogP contribution in [0.4, 0.5) is 0 Å². The molecule has 42 heavy (non-hydrogen) atoms. The molecule has 0 aromatic rings. The van der Waals surface area contributed by atoms with Crippen molar-refractivity contribution < 1.29 is 51.4 Å². The van der Waals surface area contributed by atoms with Crippen LogP contribution in [0.25, 0.3) is 0 Å². The second-order valence-corrected chi connectivity index (χ2v) is 12.6. The minimum atomic E-state index is -5.09. The fourth-order valence-corrected chi connectivity index (χ4v) is 6.22. The SMILES string of the molecule is CO[C@@H](COS(=O)(=O)[O-])C(=O)N[C@H](C(=O)N1[C@@H](C(=O)NCCC2=CC[NH+](C(N)N)C2)C[C@H]2C[C@@H](O)[C@H](O)C[C@H]21)C(C)C. The molecule has 3 amide bonds. The zero-order valence-electron chi connectivity index (χ0n) is 24.1. The minimum Gasteiger partial charge on any atom is -0.726 e. The molecule has 0 bridgehead atoms. The van der Waals surface area contributed by atoms with Crippen LogP contribution >= 0.6 is 0 Å². The van der Waals surface area contributed by atoms with Gasteiger partial charge in [-0.05, 0) is 49.2 Å². The van der Waals surface area contributed by atoms with Gasteiger partial charge in [-0.2, -0.15) is 0 Å². The third-order valence-corrected chi connectivity index (χ3v) is 8.71. The first-order valence-corrected chi connectivity index (χ1v) is 15.4. The lowest BCUT2D eigenvalue weighted by atomic mass is 9.81. The summed E-state index contributed by atoms with van der Waals surface area (Å²) >= 11 is 0. The molecule has 17 heteroatoms. The summed E-state index contributed by atoms with van der Waals surface area (Å²) in [5.41, 5.74) is 12.6. The van der Waals surface area contributed by atoms with Gasteiger partial charge in [-0.3, -0.25) is 30.0 Å². The molecule has 16 nitrogen and oxygen atoms in total. The lowest BCUT2D eigenvalue weighted by Gasteiger charge is -2.39. The van der Waals surface area contributed by atoms with E-state index >= 15 is 0 Å². The van der Waals surface area contributed by atoms with E-state index < -0.39 is 83.4 Å². The number of rotatable bonds is 13. The smallest absolute Gasteiger partial charge is 0.252 e. The molecule has 0 spiro atoms. The summed E-state index contributed by atoms with van der Waals surface area (Å²) < 4.78 is 41.6. The van der Waals surface area contributed by atoms with Crippen molar-refractivity contribution in [1.82, 2.24) is 15.5 Å². The highest BCUT2D eigenvalue weighted by Gasteiger charge is 2.52. The van der Waals surface area contributed by atoms with E-state index in [1.165, 1.54) is 4.90 Å². The Labute approximate surface area is 245 Å². The van der Waals surface area contributed by atoms with Gasteiger partial charge in [-0.25, -0.2) is 8.42 Å². The number of carbonyl (C=O) groups excluding carboxylic acids is 3. The van der Waals surface area contributed by atoms with Crippen LogP contribution in [0.5, 0.6) is 0 Å². The third-order valence-electron chi connectivity index (χ3n) is 8.29. The monoisotopic (exact) mass is 620 g/mol. The molecular weight excluding hydrogens is 576 g/mol. The molecule has 8 atom stereocenters. The van der Waals surface area contributed by atoms with E-state index in [4.69, 9.17) is 16.2 Å². The maximum absolute atomic E-state index is 14.0. The number of nitrogens with one attached hydrogen (secondary N) is 3. The Morgan fingerprint density at radius 3 is 2.43 bits per heavy atom. The first kappa shape index (κ1) is 34.3. The van der Waals surface area contributed by atoms with Crippen LogP contribution in [0.3, 0.4) is 0 Å². The number of ether oxygens (including phenoxy) is 1. The lowest BCUT2D eigenvalue weighted by Crippen LogP contribution is -3.18. The number of aliphatic hydroxyl groups is 2. The van der Waals surface area contributed by atoms with E-state index in [1.807, 2.05) is 6.08 Å². The van der Waals surface area contributed by atoms with Crippen LogP contribution in [0.15, 0.2) is 11.6 Å². The van der Waals surface area contributed by atoms with E-state index in [2.05, 4.69) is 14.8 Å². The van der Waals surface area contributed by atoms with Crippen LogP contribution in [0.2, 0.25) is 0 Å². The van der Waals surface area contributed by atoms with Gasteiger partial charge in [0.2, 0.25) is 22.2 Å². The van der Waals surface area contributed by atoms with Crippen molar-refractivity contribution >= 4 is 28.1 Å². The Balaban J connectivity index is 1.75. The van der Waals surface area contributed by atoms with Gasteiger partial charge in [0.05, 0.1) is 18.8 Å². The predicted octanol–water partition coefficient (Wildman–Crippen LogP) is -4.75. The number of hydrogen-bond acceptors (Lipinski definition) is 12. The lowest BCUT2D eigenvalue weighted by molar-refractivity contribution is -0.909. The molecule has 240 valence electrons. The number of methoxy groups -OCH3 is 1. The summed E-state index contributed by atoms with van der Waals surface area (Å²) in [5.74, 6) is -2.58. The van der Waals surface area contributed by atoms with Crippen molar-refractivity contribution in [3.05, 3.63) is 11.6 Å². The fraction of sp³-hybridized carbons (Fsp3) is 0.800. The number of amides is 3. The zero-order chi connectivity index (χ0) is 31.4. The molecule has 2 heterocycles. The Kier molecular flexibility index (Phi) is 11.8.